The molecule has 0 saturated carbocycles. The molecule has 3 aromatic heterocycles. The van der Waals surface area contributed by atoms with Gasteiger partial charge in [0.05, 0.1) is 22.4 Å². The summed E-state index contributed by atoms with van der Waals surface area (Å²) in [5, 5.41) is 3.17. The molecule has 7 nitrogen and oxygen atoms in total. The molecule has 0 saturated heterocycles. The van der Waals surface area contributed by atoms with Crippen LogP contribution in [0.5, 0.6) is 11.5 Å². The molecule has 0 unspecified atom stereocenters. The number of aryl methyl sites for hydroxylation is 2. The molecule has 206 valence electrons. The van der Waals surface area contributed by atoms with Gasteiger partial charge in [0, 0.05) is 36.6 Å². The zero-order valence-electron chi connectivity index (χ0n) is 23.7. The fourth-order valence-electron chi connectivity index (χ4n) is 4.76. The highest BCUT2D eigenvalue weighted by Gasteiger charge is 2.18. The second-order valence-corrected chi connectivity index (χ2v) is 11.1. The topological polar surface area (TPSA) is 80.6 Å². The molecule has 6 rings (SSSR count). The monoisotopic (exact) mass is 546 g/mol. The fraction of sp³-hybridized carbons (Fsp3) is 0.182. The Hall–Kier alpha value is -4.98. The second kappa shape index (κ2) is 10.2. The number of hydrogen-bond donors (Lipinski definition) is 2. The summed E-state index contributed by atoms with van der Waals surface area (Å²) in [6, 6.07) is 24.6. The summed E-state index contributed by atoms with van der Waals surface area (Å²) in [5.74, 6) is 2.13. The van der Waals surface area contributed by atoms with E-state index in [1.807, 2.05) is 85.3 Å². The Bertz CT molecular complexity index is 1870. The molecular weight excluding hydrogens is 515 g/mol. The van der Waals surface area contributed by atoms with Crippen molar-refractivity contribution in [1.29, 1.82) is 0 Å². The zero-order chi connectivity index (χ0) is 28.7. The smallest absolute Gasteiger partial charge is 0.208 e. The molecule has 8 heteroatoms. The van der Waals surface area contributed by atoms with Crippen LogP contribution in [0.4, 0.5) is 16.0 Å². The quantitative estimate of drug-likeness (QED) is 0.220. The van der Waals surface area contributed by atoms with Crippen molar-refractivity contribution in [2.75, 3.05) is 5.32 Å². The summed E-state index contributed by atoms with van der Waals surface area (Å²) < 4.78 is 22.8. The van der Waals surface area contributed by atoms with Crippen molar-refractivity contribution in [3.63, 3.8) is 0 Å². The molecule has 3 aromatic carbocycles. The number of benzene rings is 3. The number of aromatic nitrogens is 5. The third-order valence-electron chi connectivity index (χ3n) is 7.07. The van der Waals surface area contributed by atoms with Gasteiger partial charge in [0.25, 0.3) is 0 Å². The predicted molar refractivity (Wildman–Crippen MR) is 161 cm³/mol. The highest BCUT2D eigenvalue weighted by Crippen LogP contribution is 2.32. The van der Waals surface area contributed by atoms with Gasteiger partial charge in [-0.1, -0.05) is 57.2 Å². The Morgan fingerprint density at radius 3 is 2.46 bits per heavy atom. The van der Waals surface area contributed by atoms with Crippen molar-refractivity contribution >= 4 is 22.7 Å². The van der Waals surface area contributed by atoms with Crippen molar-refractivity contribution in [3.8, 4) is 34.3 Å². The van der Waals surface area contributed by atoms with Crippen LogP contribution in [0.25, 0.3) is 33.8 Å². The molecular formula is C33H31FN6O. The Kier molecular flexibility index (Phi) is 6.53. The lowest BCUT2D eigenvalue weighted by atomic mass is 9.87. The molecule has 3 heterocycles. The van der Waals surface area contributed by atoms with Crippen molar-refractivity contribution in [2.45, 2.75) is 33.1 Å². The zero-order valence-corrected chi connectivity index (χ0v) is 23.7. The number of H-pyrrole nitrogens is 1. The standard InChI is InChI=1S/C33H31FN6O/c1-20-30(21-9-7-6-8-10-21)39-31(36-20)28-19-24(15-16-35-28)41-23-12-14-29-27(18-23)38-32(40(29)5)37-26-17-22(33(2,3)4)11-13-25(26)34/h6-19H,1-5H3,(H,36,39)(H,37,38). The number of fused-ring (bicyclic) bond motifs is 1. The minimum Gasteiger partial charge on any atom is -0.457 e. The van der Waals surface area contributed by atoms with E-state index >= 15 is 0 Å². The number of rotatable bonds is 6. The summed E-state index contributed by atoms with van der Waals surface area (Å²) >= 11 is 0. The Morgan fingerprint density at radius 1 is 0.902 bits per heavy atom. The van der Waals surface area contributed by atoms with Gasteiger partial charge in [0.15, 0.2) is 5.82 Å². The molecule has 0 radical (unpaired) electrons. The third kappa shape index (κ3) is 5.28. The number of anilines is 2. The van der Waals surface area contributed by atoms with Crippen LogP contribution in [0.15, 0.2) is 85.1 Å². The first kappa shape index (κ1) is 26.3. The van der Waals surface area contributed by atoms with E-state index in [1.54, 1.807) is 12.3 Å². The number of hydrogen-bond acceptors (Lipinski definition) is 5. The van der Waals surface area contributed by atoms with Gasteiger partial charge in [-0.3, -0.25) is 4.98 Å². The lowest BCUT2D eigenvalue weighted by molar-refractivity contribution is 0.483. The third-order valence-corrected chi connectivity index (χ3v) is 7.07. The number of ether oxygens (including phenoxy) is 1. The van der Waals surface area contributed by atoms with E-state index in [2.05, 4.69) is 36.1 Å². The average Bonchev–Trinajstić information content (AvgIpc) is 3.49. The number of aromatic amines is 1. The molecule has 0 aliphatic rings. The highest BCUT2D eigenvalue weighted by atomic mass is 19.1. The summed E-state index contributed by atoms with van der Waals surface area (Å²) in [7, 11) is 1.90. The Balaban J connectivity index is 1.25. The molecule has 0 fully saturated rings. The van der Waals surface area contributed by atoms with E-state index in [-0.39, 0.29) is 11.2 Å². The fourth-order valence-corrected chi connectivity index (χ4v) is 4.76. The maximum absolute atomic E-state index is 14.7. The van der Waals surface area contributed by atoms with Gasteiger partial charge in [-0.05, 0) is 48.2 Å². The molecule has 0 bridgehead atoms. The van der Waals surface area contributed by atoms with Crippen LogP contribution in [-0.4, -0.2) is 24.5 Å². The highest BCUT2D eigenvalue weighted by molar-refractivity contribution is 5.81. The van der Waals surface area contributed by atoms with Gasteiger partial charge < -0.3 is 19.6 Å². The van der Waals surface area contributed by atoms with E-state index in [4.69, 9.17) is 14.7 Å². The first-order valence-electron chi connectivity index (χ1n) is 13.5. The van der Waals surface area contributed by atoms with E-state index in [1.165, 1.54) is 6.07 Å². The van der Waals surface area contributed by atoms with Crippen molar-refractivity contribution in [2.24, 2.45) is 7.05 Å². The second-order valence-electron chi connectivity index (χ2n) is 11.1. The van der Waals surface area contributed by atoms with Gasteiger partial charge in [-0.2, -0.15) is 0 Å². The van der Waals surface area contributed by atoms with Crippen LogP contribution >= 0.6 is 0 Å². The SMILES string of the molecule is Cc1[nH]c(-c2cc(Oc3ccc4c(c3)nc(Nc3cc(C(C)(C)C)ccc3F)n4C)ccn2)nc1-c1ccccc1. The summed E-state index contributed by atoms with van der Waals surface area (Å²) in [4.78, 5) is 17.4. The summed E-state index contributed by atoms with van der Waals surface area (Å²) in [6.07, 6.45) is 1.70. The van der Waals surface area contributed by atoms with Crippen molar-refractivity contribution < 1.29 is 9.13 Å². The van der Waals surface area contributed by atoms with E-state index < -0.39 is 0 Å². The average molecular weight is 547 g/mol. The van der Waals surface area contributed by atoms with Crippen LogP contribution in [0.1, 0.15) is 32.0 Å². The minimum absolute atomic E-state index is 0.102. The number of halogens is 1. The van der Waals surface area contributed by atoms with Gasteiger partial charge in [-0.15, -0.1) is 0 Å². The Morgan fingerprint density at radius 2 is 1.68 bits per heavy atom. The van der Waals surface area contributed by atoms with Gasteiger partial charge in [-0.25, -0.2) is 14.4 Å². The molecule has 41 heavy (non-hydrogen) atoms. The van der Waals surface area contributed by atoms with Crippen LogP contribution in [0, 0.1) is 12.7 Å². The van der Waals surface area contributed by atoms with E-state index in [9.17, 15) is 4.39 Å². The van der Waals surface area contributed by atoms with Crippen molar-refractivity contribution in [3.05, 3.63) is 102 Å². The molecule has 0 spiro atoms. The first-order chi connectivity index (χ1) is 19.7. The van der Waals surface area contributed by atoms with E-state index in [0.29, 0.717) is 34.7 Å². The predicted octanol–water partition coefficient (Wildman–Crippen LogP) is 8.31. The van der Waals surface area contributed by atoms with Crippen LogP contribution in [0.3, 0.4) is 0 Å². The number of imidazole rings is 2. The van der Waals surface area contributed by atoms with Crippen LogP contribution in [0.2, 0.25) is 0 Å². The summed E-state index contributed by atoms with van der Waals surface area (Å²) in [6.45, 7) is 8.30. The maximum atomic E-state index is 14.7. The van der Waals surface area contributed by atoms with Crippen molar-refractivity contribution in [1.82, 2.24) is 24.5 Å². The van der Waals surface area contributed by atoms with Gasteiger partial charge in [0.2, 0.25) is 5.95 Å². The minimum atomic E-state index is -0.329. The summed E-state index contributed by atoms with van der Waals surface area (Å²) in [5.41, 5.74) is 6.52. The normalized spacial score (nSPS) is 11.7. The first-order valence-corrected chi connectivity index (χ1v) is 13.5. The molecule has 0 amide bonds. The van der Waals surface area contributed by atoms with Crippen LogP contribution in [-0.2, 0) is 12.5 Å². The molecule has 2 N–H and O–H groups in total. The lowest BCUT2D eigenvalue weighted by Crippen LogP contribution is -2.12. The van der Waals surface area contributed by atoms with Gasteiger partial charge in [0.1, 0.15) is 23.0 Å². The van der Waals surface area contributed by atoms with Gasteiger partial charge >= 0.3 is 0 Å². The largest absolute Gasteiger partial charge is 0.457 e. The van der Waals surface area contributed by atoms with E-state index in [0.717, 1.165) is 33.5 Å². The molecule has 6 aromatic rings. The number of nitrogens with zero attached hydrogens (tertiary/aromatic N) is 4. The lowest BCUT2D eigenvalue weighted by Gasteiger charge is -2.20. The Labute approximate surface area is 238 Å². The molecule has 0 atom stereocenters. The number of pyridine rings is 1. The molecule has 0 aliphatic heterocycles. The molecule has 0 aliphatic carbocycles. The maximum Gasteiger partial charge on any atom is 0.208 e. The number of nitrogens with one attached hydrogen (secondary N) is 2. The van der Waals surface area contributed by atoms with Crippen LogP contribution < -0.4 is 10.1 Å².